The van der Waals surface area contributed by atoms with E-state index in [9.17, 15) is 4.79 Å². The topological polar surface area (TPSA) is 34.5 Å². The molecule has 2 saturated heterocycles. The van der Waals surface area contributed by atoms with Gasteiger partial charge in [0.15, 0.2) is 5.78 Å². The molecule has 2 aromatic rings. The van der Waals surface area contributed by atoms with Crippen LogP contribution in [-0.4, -0.2) is 40.0 Å². The first kappa shape index (κ1) is 21.9. The monoisotopic (exact) mass is 438 g/mol. The first-order chi connectivity index (χ1) is 15.0. The molecule has 0 N–H and O–H groups in total. The maximum atomic E-state index is 11.9. The van der Waals surface area contributed by atoms with Gasteiger partial charge < -0.3 is 9.30 Å². The molecule has 2 bridgehead atoms. The number of benzene rings is 1. The number of hydrogen-bond donors (Lipinski definition) is 0. The van der Waals surface area contributed by atoms with E-state index in [0.717, 1.165) is 53.7 Å². The number of carbonyl (C=O) groups excluding carboxylic acids is 1. The van der Waals surface area contributed by atoms with Gasteiger partial charge in [0, 0.05) is 52.5 Å². The van der Waals surface area contributed by atoms with Crippen molar-refractivity contribution >= 4 is 30.0 Å². The Labute approximate surface area is 189 Å². The summed E-state index contributed by atoms with van der Waals surface area (Å²) in [6.45, 7) is 11.4. The number of halogens is 1. The molecule has 2 aliphatic heterocycles. The summed E-state index contributed by atoms with van der Waals surface area (Å²) in [6, 6.07) is 8.87. The van der Waals surface area contributed by atoms with Crippen molar-refractivity contribution in [3.05, 3.63) is 64.3 Å². The van der Waals surface area contributed by atoms with Crippen LogP contribution >= 0.6 is 11.6 Å². The van der Waals surface area contributed by atoms with E-state index in [2.05, 4.69) is 22.6 Å². The van der Waals surface area contributed by atoms with Gasteiger partial charge in [-0.05, 0) is 69.4 Å². The van der Waals surface area contributed by atoms with E-state index in [0.29, 0.717) is 17.6 Å². The zero-order valence-corrected chi connectivity index (χ0v) is 19.0. The molecule has 0 radical (unpaired) electrons. The summed E-state index contributed by atoms with van der Waals surface area (Å²) in [5.41, 5.74) is 0.702. The van der Waals surface area contributed by atoms with E-state index in [1.807, 2.05) is 36.5 Å². The molecule has 0 saturated carbocycles. The summed E-state index contributed by atoms with van der Waals surface area (Å²) in [6.07, 6.45) is 11.6. The third kappa shape index (κ3) is 4.81. The van der Waals surface area contributed by atoms with Crippen LogP contribution in [0, 0.1) is 0 Å². The molecule has 2 aliphatic rings. The maximum absolute atomic E-state index is 11.9. The fraction of sp³-hybridized carbons (Fsp3) is 0.423. The summed E-state index contributed by atoms with van der Waals surface area (Å²) in [4.78, 5) is 14.6. The van der Waals surface area contributed by atoms with Gasteiger partial charge in [0.05, 0.1) is 0 Å². The van der Waals surface area contributed by atoms with Gasteiger partial charge in [-0.25, -0.2) is 0 Å². The highest BCUT2D eigenvalue weighted by Crippen LogP contribution is 2.37. The summed E-state index contributed by atoms with van der Waals surface area (Å²) >= 11 is 5.98. The van der Waals surface area contributed by atoms with Crippen LogP contribution in [0.25, 0.3) is 12.7 Å². The van der Waals surface area contributed by atoms with Crippen LogP contribution in [0.15, 0.2) is 43.1 Å². The number of carbonyl (C=O) groups is 1. The number of nitrogens with zero attached hydrogens (tertiary/aromatic N) is 2. The number of fused-ring (bicyclic) bond motifs is 2. The lowest BCUT2D eigenvalue weighted by atomic mass is 9.99. The fourth-order valence-electron chi connectivity index (χ4n) is 5.23. The molecule has 4 nitrogen and oxygen atoms in total. The molecule has 164 valence electrons. The molecule has 1 unspecified atom stereocenters. The molecule has 31 heavy (non-hydrogen) atoms. The first-order valence-electron chi connectivity index (χ1n) is 11.2. The molecule has 5 heteroatoms. The highest BCUT2D eigenvalue weighted by Gasteiger charge is 2.41. The van der Waals surface area contributed by atoms with Crippen molar-refractivity contribution in [1.29, 1.82) is 0 Å². The zero-order chi connectivity index (χ0) is 22.0. The van der Waals surface area contributed by atoms with Gasteiger partial charge >= 0.3 is 0 Å². The van der Waals surface area contributed by atoms with Gasteiger partial charge in [-0.3, -0.25) is 9.69 Å². The number of hydrogen-bond acceptors (Lipinski definition) is 3. The lowest BCUT2D eigenvalue weighted by Gasteiger charge is -2.39. The lowest BCUT2D eigenvalue weighted by Crippen LogP contribution is -2.46. The minimum absolute atomic E-state index is 0.0586. The minimum atomic E-state index is 0.0586. The van der Waals surface area contributed by atoms with Crippen LogP contribution in [0.4, 0.5) is 0 Å². The van der Waals surface area contributed by atoms with Crippen molar-refractivity contribution in [2.24, 2.45) is 0 Å². The quantitative estimate of drug-likeness (QED) is 0.580. The van der Waals surface area contributed by atoms with Crippen molar-refractivity contribution in [3.63, 3.8) is 0 Å². The molecule has 3 atom stereocenters. The Bertz CT molecular complexity index is 1040. The van der Waals surface area contributed by atoms with E-state index in [1.165, 1.54) is 12.8 Å². The van der Waals surface area contributed by atoms with E-state index in [1.54, 1.807) is 13.0 Å². The largest absolute Gasteiger partial charge is 0.490 e. The van der Waals surface area contributed by atoms with Crippen molar-refractivity contribution in [3.8, 4) is 5.75 Å². The maximum Gasteiger partial charge on any atom is 0.161 e. The van der Waals surface area contributed by atoms with Crippen molar-refractivity contribution in [1.82, 2.24) is 9.47 Å². The summed E-state index contributed by atoms with van der Waals surface area (Å²) < 4.78 is 8.40. The molecule has 1 aromatic carbocycles. The molecular weight excluding hydrogens is 408 g/mol. The van der Waals surface area contributed by atoms with Gasteiger partial charge in [0.1, 0.15) is 11.9 Å². The highest BCUT2D eigenvalue weighted by molar-refractivity contribution is 6.30. The summed E-state index contributed by atoms with van der Waals surface area (Å²) in [5.74, 6) is 0.967. The number of ketones is 1. The third-order valence-electron chi connectivity index (χ3n) is 6.66. The Hall–Kier alpha value is -2.30. The Morgan fingerprint density at radius 2 is 1.87 bits per heavy atom. The number of aryl methyl sites for hydroxylation is 1. The predicted molar refractivity (Wildman–Crippen MR) is 127 cm³/mol. The number of allylic oxidation sites excluding steroid dienone is 1. The molecule has 0 spiro atoms. The van der Waals surface area contributed by atoms with Gasteiger partial charge in [0.25, 0.3) is 0 Å². The Morgan fingerprint density at radius 3 is 2.48 bits per heavy atom. The summed E-state index contributed by atoms with van der Waals surface area (Å²) in [5, 5.41) is 2.52. The van der Waals surface area contributed by atoms with Crippen LogP contribution in [0.3, 0.4) is 0 Å². The first-order valence-corrected chi connectivity index (χ1v) is 11.5. The van der Waals surface area contributed by atoms with Crippen LogP contribution in [-0.2, 0) is 6.54 Å². The van der Waals surface area contributed by atoms with Crippen LogP contribution in [0.1, 0.15) is 49.4 Å². The van der Waals surface area contributed by atoms with Crippen LogP contribution < -0.4 is 15.3 Å². The van der Waals surface area contributed by atoms with Gasteiger partial charge in [-0.2, -0.15) is 0 Å². The van der Waals surface area contributed by atoms with Crippen LogP contribution in [0.2, 0.25) is 5.02 Å². The summed E-state index contributed by atoms with van der Waals surface area (Å²) in [7, 11) is 0. The molecule has 0 amide bonds. The Kier molecular flexibility index (Phi) is 6.68. The number of piperidine rings is 1. The lowest BCUT2D eigenvalue weighted by molar-refractivity contribution is 0.0481. The second kappa shape index (κ2) is 9.46. The molecule has 2 fully saturated rings. The number of ether oxygens (including phenoxy) is 1. The average Bonchev–Trinajstić information content (AvgIpc) is 3.17. The number of rotatable bonds is 8. The molecule has 3 heterocycles. The van der Waals surface area contributed by atoms with Gasteiger partial charge in [-0.15, -0.1) is 0 Å². The third-order valence-corrected chi connectivity index (χ3v) is 6.91. The van der Waals surface area contributed by atoms with Crippen LogP contribution in [0.5, 0.6) is 5.75 Å². The van der Waals surface area contributed by atoms with E-state index < -0.39 is 0 Å². The molecule has 4 rings (SSSR count). The molecule has 1 aromatic heterocycles. The average molecular weight is 439 g/mol. The fourth-order valence-corrected chi connectivity index (χ4v) is 5.35. The van der Waals surface area contributed by atoms with Crippen molar-refractivity contribution in [2.75, 3.05) is 6.54 Å². The SMILES string of the molecule is C=C/C=c1\c(=C)c(C(C)=O)cn1CCCN1[C@@H]2CC[C@H]1CC(Oc1ccc(Cl)cc1)C2. The Morgan fingerprint density at radius 1 is 1.19 bits per heavy atom. The minimum Gasteiger partial charge on any atom is -0.490 e. The predicted octanol–water partition coefficient (Wildman–Crippen LogP) is 4.19. The van der Waals surface area contributed by atoms with E-state index in [-0.39, 0.29) is 11.9 Å². The second-order valence-electron chi connectivity index (χ2n) is 8.70. The Balaban J connectivity index is 1.36. The smallest absolute Gasteiger partial charge is 0.161 e. The van der Waals surface area contributed by atoms with Crippen molar-refractivity contribution in [2.45, 2.75) is 63.8 Å². The normalized spacial score (nSPS) is 23.8. The zero-order valence-electron chi connectivity index (χ0n) is 18.2. The van der Waals surface area contributed by atoms with E-state index >= 15 is 0 Å². The highest BCUT2D eigenvalue weighted by atomic mass is 35.5. The standard InChI is InChI=1S/C26H31ClN2O2/c1-4-6-26-18(2)25(19(3)30)17-28(26)13-5-14-29-21-9-10-22(29)16-24(15-21)31-23-11-7-20(27)8-12-23/h4,6-8,11-12,17,21-22,24H,1-2,5,9-10,13-16H2,3H3/b26-6+/t21-,22+,24?. The molecular formula is C26H31ClN2O2. The number of aromatic nitrogens is 1. The van der Waals surface area contributed by atoms with Gasteiger partial charge in [0.2, 0.25) is 0 Å². The number of Topliss-reactive ketones (excluding diaryl/α,β-unsaturated/α-hetero) is 1. The van der Waals surface area contributed by atoms with Gasteiger partial charge in [-0.1, -0.05) is 30.8 Å². The second-order valence-corrected chi connectivity index (χ2v) is 9.14. The van der Waals surface area contributed by atoms with E-state index in [4.69, 9.17) is 16.3 Å². The van der Waals surface area contributed by atoms with Crippen molar-refractivity contribution < 1.29 is 9.53 Å². The molecule has 0 aliphatic carbocycles.